The Labute approximate surface area is 167 Å². The van der Waals surface area contributed by atoms with Crippen LogP contribution in [0.25, 0.3) is 0 Å². The van der Waals surface area contributed by atoms with Gasteiger partial charge in [-0.05, 0) is 76.0 Å². The molecule has 4 saturated carbocycles. The van der Waals surface area contributed by atoms with Crippen LogP contribution in [-0.2, 0) is 9.47 Å². The second kappa shape index (κ2) is 10.3. The highest BCUT2D eigenvalue weighted by Crippen LogP contribution is 2.43. The number of hydrogen-bond acceptors (Lipinski definition) is 2. The summed E-state index contributed by atoms with van der Waals surface area (Å²) in [5, 5.41) is 0. The predicted octanol–water partition coefficient (Wildman–Crippen LogP) is 6.48. The van der Waals surface area contributed by atoms with E-state index in [2.05, 4.69) is 11.8 Å². The molecule has 152 valence electrons. The number of hydrogen-bond donors (Lipinski definition) is 0. The minimum absolute atomic E-state index is 0.444. The molecule has 0 aromatic carbocycles. The van der Waals surface area contributed by atoms with Gasteiger partial charge < -0.3 is 9.47 Å². The number of ether oxygens (including phenoxy) is 2. The van der Waals surface area contributed by atoms with E-state index in [1.165, 1.54) is 103 Å². The third-order valence-electron chi connectivity index (χ3n) is 7.82. The van der Waals surface area contributed by atoms with Crippen LogP contribution >= 0.6 is 0 Å². The van der Waals surface area contributed by atoms with E-state index in [-0.39, 0.29) is 0 Å². The van der Waals surface area contributed by atoms with Crippen molar-refractivity contribution in [2.45, 2.75) is 115 Å². The Kier molecular flexibility index (Phi) is 7.56. The summed E-state index contributed by atoms with van der Waals surface area (Å²) in [5.74, 6) is 10.5. The molecule has 2 heteroatoms. The van der Waals surface area contributed by atoms with Crippen molar-refractivity contribution >= 4 is 0 Å². The van der Waals surface area contributed by atoms with Crippen LogP contribution < -0.4 is 0 Å². The maximum atomic E-state index is 6.14. The lowest BCUT2D eigenvalue weighted by atomic mass is 9.67. The fourth-order valence-electron chi connectivity index (χ4n) is 6.07. The zero-order valence-corrected chi connectivity index (χ0v) is 17.3. The van der Waals surface area contributed by atoms with Crippen LogP contribution in [0.5, 0.6) is 0 Å². The molecule has 0 N–H and O–H groups in total. The van der Waals surface area contributed by atoms with Crippen molar-refractivity contribution in [2.24, 2.45) is 23.7 Å². The maximum absolute atomic E-state index is 6.14. The van der Waals surface area contributed by atoms with Crippen LogP contribution in [0.2, 0.25) is 0 Å². The molecule has 0 aliphatic heterocycles. The second-order valence-corrected chi connectivity index (χ2v) is 9.80. The van der Waals surface area contributed by atoms with E-state index in [9.17, 15) is 0 Å². The van der Waals surface area contributed by atoms with Crippen molar-refractivity contribution in [3.63, 3.8) is 0 Å². The Bertz CT molecular complexity index is 492. The molecule has 0 aromatic heterocycles. The molecule has 4 rings (SSSR count). The monoisotopic (exact) mass is 372 g/mol. The SMILES string of the molecule is C(#CC1CCC2CC(OCOC3CCCCC3)CCC2C1)C1CCCCC1. The zero-order chi connectivity index (χ0) is 18.3. The average Bonchev–Trinajstić information content (AvgIpc) is 2.74. The molecule has 0 heterocycles. The lowest BCUT2D eigenvalue weighted by Crippen LogP contribution is -2.34. The maximum Gasteiger partial charge on any atom is 0.147 e. The van der Waals surface area contributed by atoms with Gasteiger partial charge in [0.15, 0.2) is 0 Å². The Morgan fingerprint density at radius 1 is 0.519 bits per heavy atom. The molecule has 0 aromatic rings. The Morgan fingerprint density at radius 3 is 1.96 bits per heavy atom. The van der Waals surface area contributed by atoms with Gasteiger partial charge in [-0.1, -0.05) is 50.4 Å². The van der Waals surface area contributed by atoms with E-state index >= 15 is 0 Å². The molecule has 0 bridgehead atoms. The van der Waals surface area contributed by atoms with Crippen molar-refractivity contribution in [2.75, 3.05) is 6.79 Å². The summed E-state index contributed by atoms with van der Waals surface area (Å²) >= 11 is 0. The summed E-state index contributed by atoms with van der Waals surface area (Å²) in [7, 11) is 0. The molecule has 4 fully saturated rings. The van der Waals surface area contributed by atoms with Crippen LogP contribution in [0.4, 0.5) is 0 Å². The van der Waals surface area contributed by atoms with Crippen molar-refractivity contribution in [1.29, 1.82) is 0 Å². The topological polar surface area (TPSA) is 18.5 Å². The van der Waals surface area contributed by atoms with Gasteiger partial charge in [0.25, 0.3) is 0 Å². The average molecular weight is 373 g/mol. The van der Waals surface area contributed by atoms with Crippen LogP contribution in [0, 0.1) is 35.5 Å². The smallest absolute Gasteiger partial charge is 0.147 e. The molecular formula is C25H40O2. The highest BCUT2D eigenvalue weighted by molar-refractivity contribution is 5.09. The number of rotatable bonds is 4. The van der Waals surface area contributed by atoms with Crippen molar-refractivity contribution in [1.82, 2.24) is 0 Å². The standard InChI is InChI=1S/C25H40O2/c1-3-7-20(8-4-1)11-12-21-13-14-23-18-25(16-15-22(23)17-21)27-19-26-24-9-5-2-6-10-24/h20-25H,1-10,13-19H2. The lowest BCUT2D eigenvalue weighted by Gasteiger charge is -2.41. The molecule has 4 atom stereocenters. The molecular weight excluding hydrogens is 332 g/mol. The highest BCUT2D eigenvalue weighted by atomic mass is 16.7. The summed E-state index contributed by atoms with van der Waals surface area (Å²) in [6.07, 6.45) is 22.3. The quantitative estimate of drug-likeness (QED) is 0.415. The van der Waals surface area contributed by atoms with Crippen LogP contribution in [0.1, 0.15) is 103 Å². The number of fused-ring (bicyclic) bond motifs is 1. The first-order chi connectivity index (χ1) is 13.4. The van der Waals surface area contributed by atoms with E-state index in [1.807, 2.05) is 0 Å². The molecule has 2 nitrogen and oxygen atoms in total. The summed E-state index contributed by atoms with van der Waals surface area (Å²) in [5.41, 5.74) is 0. The van der Waals surface area contributed by atoms with Crippen LogP contribution in [-0.4, -0.2) is 19.0 Å². The van der Waals surface area contributed by atoms with E-state index in [4.69, 9.17) is 9.47 Å². The molecule has 0 spiro atoms. The van der Waals surface area contributed by atoms with E-state index in [1.54, 1.807) is 0 Å². The predicted molar refractivity (Wildman–Crippen MR) is 110 cm³/mol. The third kappa shape index (κ3) is 5.98. The Hall–Kier alpha value is -0.520. The molecule has 4 unspecified atom stereocenters. The van der Waals surface area contributed by atoms with Crippen molar-refractivity contribution < 1.29 is 9.47 Å². The summed E-state index contributed by atoms with van der Waals surface area (Å²) < 4.78 is 12.1. The first-order valence-electron chi connectivity index (χ1n) is 12.1. The Balaban J connectivity index is 1.16. The summed E-state index contributed by atoms with van der Waals surface area (Å²) in [4.78, 5) is 0. The second-order valence-electron chi connectivity index (χ2n) is 9.80. The summed E-state index contributed by atoms with van der Waals surface area (Å²) in [6, 6.07) is 0. The fourth-order valence-corrected chi connectivity index (χ4v) is 6.07. The molecule has 0 amide bonds. The van der Waals surface area contributed by atoms with Crippen molar-refractivity contribution in [3.05, 3.63) is 0 Å². The van der Waals surface area contributed by atoms with E-state index in [0.29, 0.717) is 30.8 Å². The minimum Gasteiger partial charge on any atom is -0.352 e. The van der Waals surface area contributed by atoms with Crippen LogP contribution in [0.15, 0.2) is 0 Å². The first kappa shape index (κ1) is 19.8. The molecule has 4 aliphatic rings. The zero-order valence-electron chi connectivity index (χ0n) is 17.3. The van der Waals surface area contributed by atoms with Crippen LogP contribution in [0.3, 0.4) is 0 Å². The van der Waals surface area contributed by atoms with Gasteiger partial charge in [-0.15, -0.1) is 0 Å². The largest absolute Gasteiger partial charge is 0.352 e. The summed E-state index contributed by atoms with van der Waals surface area (Å²) in [6.45, 7) is 0.530. The minimum atomic E-state index is 0.444. The Morgan fingerprint density at radius 2 is 1.15 bits per heavy atom. The molecule has 27 heavy (non-hydrogen) atoms. The van der Waals surface area contributed by atoms with Gasteiger partial charge in [0, 0.05) is 11.8 Å². The van der Waals surface area contributed by atoms with E-state index < -0.39 is 0 Å². The van der Waals surface area contributed by atoms with E-state index in [0.717, 1.165) is 11.8 Å². The van der Waals surface area contributed by atoms with Gasteiger partial charge in [-0.3, -0.25) is 0 Å². The lowest BCUT2D eigenvalue weighted by molar-refractivity contribution is -0.140. The van der Waals surface area contributed by atoms with Crippen molar-refractivity contribution in [3.8, 4) is 11.8 Å². The molecule has 4 aliphatic carbocycles. The third-order valence-corrected chi connectivity index (χ3v) is 7.82. The molecule has 0 saturated heterocycles. The molecule has 0 radical (unpaired) electrons. The van der Waals surface area contributed by atoms with Gasteiger partial charge in [0.1, 0.15) is 6.79 Å². The normalized spacial score (nSPS) is 35.9. The first-order valence-corrected chi connectivity index (χ1v) is 12.1. The van der Waals surface area contributed by atoms with Gasteiger partial charge in [0.05, 0.1) is 12.2 Å². The van der Waals surface area contributed by atoms with Gasteiger partial charge in [0.2, 0.25) is 0 Å². The van der Waals surface area contributed by atoms with Gasteiger partial charge in [-0.25, -0.2) is 0 Å². The fraction of sp³-hybridized carbons (Fsp3) is 0.920. The van der Waals surface area contributed by atoms with Gasteiger partial charge in [-0.2, -0.15) is 0 Å². The highest BCUT2D eigenvalue weighted by Gasteiger charge is 2.35. The van der Waals surface area contributed by atoms with Gasteiger partial charge >= 0.3 is 0 Å².